The highest BCUT2D eigenvalue weighted by molar-refractivity contribution is 6.26. The number of benzene rings is 4. The molecule has 0 N–H and O–H groups in total. The van der Waals surface area contributed by atoms with Gasteiger partial charge in [0.2, 0.25) is 0 Å². The summed E-state index contributed by atoms with van der Waals surface area (Å²) in [6, 6.07) is 27.2. The predicted molar refractivity (Wildman–Crippen MR) is 111 cm³/mol. The third-order valence-corrected chi connectivity index (χ3v) is 5.33. The van der Waals surface area contributed by atoms with Crippen LogP contribution in [0.4, 0.5) is 0 Å². The molecule has 0 saturated carbocycles. The van der Waals surface area contributed by atoms with Crippen molar-refractivity contribution in [2.24, 2.45) is 0 Å². The molecule has 6 rings (SSSR count). The van der Waals surface area contributed by atoms with E-state index in [0.717, 1.165) is 43.9 Å². The molecule has 0 aliphatic heterocycles. The van der Waals surface area contributed by atoms with E-state index in [0.29, 0.717) is 0 Å². The van der Waals surface area contributed by atoms with Crippen LogP contribution < -0.4 is 0 Å². The van der Waals surface area contributed by atoms with Gasteiger partial charge >= 0.3 is 0 Å². The maximum absolute atomic E-state index is 6.16. The van der Waals surface area contributed by atoms with Gasteiger partial charge in [0.15, 0.2) is 0 Å². The zero-order valence-electron chi connectivity index (χ0n) is 14.8. The zero-order valence-corrected chi connectivity index (χ0v) is 14.8. The van der Waals surface area contributed by atoms with E-state index < -0.39 is 0 Å². The number of aryl methyl sites for hydroxylation is 1. The first-order valence-electron chi connectivity index (χ1n) is 9.11. The highest BCUT2D eigenvalue weighted by Gasteiger charge is 2.16. The Morgan fingerprint density at radius 1 is 0.519 bits per heavy atom. The van der Waals surface area contributed by atoms with Crippen molar-refractivity contribution in [1.82, 2.24) is 0 Å². The van der Waals surface area contributed by atoms with Gasteiger partial charge in [-0.1, -0.05) is 48.0 Å². The lowest BCUT2D eigenvalue weighted by Crippen LogP contribution is -1.77. The lowest BCUT2D eigenvalue weighted by atomic mass is 10.0. The van der Waals surface area contributed by atoms with Crippen molar-refractivity contribution < 1.29 is 8.83 Å². The Morgan fingerprint density at radius 3 is 1.81 bits per heavy atom. The summed E-state index contributed by atoms with van der Waals surface area (Å²) in [5.41, 5.74) is 7.22. The first-order chi connectivity index (χ1) is 13.3. The van der Waals surface area contributed by atoms with E-state index in [1.807, 2.05) is 24.3 Å². The molecule has 0 bridgehead atoms. The van der Waals surface area contributed by atoms with Crippen LogP contribution in [0.15, 0.2) is 87.7 Å². The van der Waals surface area contributed by atoms with Crippen molar-refractivity contribution in [3.05, 3.63) is 84.4 Å². The summed E-state index contributed by atoms with van der Waals surface area (Å²) in [6.45, 7) is 2.11. The molecule has 0 radical (unpaired) electrons. The molecule has 0 atom stereocenters. The standard InChI is InChI=1S/C25H16O2/c1-15-7-9-20-18(13-15)24-22(26-20)11-12-23-25(24)19-14-17(8-10-21(19)27-23)16-5-3-2-4-6-16/h2-14H,1H3. The van der Waals surface area contributed by atoms with E-state index in [9.17, 15) is 0 Å². The molecule has 0 spiro atoms. The molecule has 0 saturated heterocycles. The second-order valence-corrected chi connectivity index (χ2v) is 7.09. The summed E-state index contributed by atoms with van der Waals surface area (Å²) in [5.74, 6) is 0. The second kappa shape index (κ2) is 5.24. The topological polar surface area (TPSA) is 26.3 Å². The van der Waals surface area contributed by atoms with E-state index in [2.05, 4.69) is 61.5 Å². The van der Waals surface area contributed by atoms with Crippen LogP contribution >= 0.6 is 0 Å². The van der Waals surface area contributed by atoms with Crippen LogP contribution in [0.5, 0.6) is 0 Å². The summed E-state index contributed by atoms with van der Waals surface area (Å²) < 4.78 is 12.3. The fraction of sp³-hybridized carbons (Fsp3) is 0.0400. The zero-order chi connectivity index (χ0) is 18.0. The highest BCUT2D eigenvalue weighted by atomic mass is 16.3. The maximum atomic E-state index is 6.16. The summed E-state index contributed by atoms with van der Waals surface area (Å²) in [6.07, 6.45) is 0. The molecule has 4 aromatic carbocycles. The van der Waals surface area contributed by atoms with Crippen LogP contribution in [0, 0.1) is 6.92 Å². The molecule has 2 aromatic heterocycles. The van der Waals surface area contributed by atoms with E-state index in [4.69, 9.17) is 8.83 Å². The van der Waals surface area contributed by atoms with E-state index in [1.165, 1.54) is 16.7 Å². The lowest BCUT2D eigenvalue weighted by Gasteiger charge is -2.01. The summed E-state index contributed by atoms with van der Waals surface area (Å²) in [4.78, 5) is 0. The van der Waals surface area contributed by atoms with Crippen LogP contribution in [0.25, 0.3) is 55.0 Å². The third-order valence-electron chi connectivity index (χ3n) is 5.33. The van der Waals surface area contributed by atoms with Gasteiger partial charge in [0.1, 0.15) is 22.3 Å². The molecule has 2 nitrogen and oxygen atoms in total. The summed E-state index contributed by atoms with van der Waals surface area (Å²) >= 11 is 0. The predicted octanol–water partition coefficient (Wildman–Crippen LogP) is 7.46. The summed E-state index contributed by atoms with van der Waals surface area (Å²) in [5, 5.41) is 4.53. The van der Waals surface area contributed by atoms with E-state index >= 15 is 0 Å². The molecule has 0 unspecified atom stereocenters. The van der Waals surface area contributed by atoms with Crippen LogP contribution in [0.3, 0.4) is 0 Å². The summed E-state index contributed by atoms with van der Waals surface area (Å²) in [7, 11) is 0. The Kier molecular flexibility index (Phi) is 2.84. The number of fused-ring (bicyclic) bond motifs is 7. The molecule has 27 heavy (non-hydrogen) atoms. The van der Waals surface area contributed by atoms with Gasteiger partial charge in [0, 0.05) is 21.5 Å². The molecular formula is C25H16O2. The van der Waals surface area contributed by atoms with E-state index in [-0.39, 0.29) is 0 Å². The maximum Gasteiger partial charge on any atom is 0.136 e. The van der Waals surface area contributed by atoms with Crippen molar-refractivity contribution in [1.29, 1.82) is 0 Å². The third kappa shape index (κ3) is 2.07. The van der Waals surface area contributed by atoms with Crippen LogP contribution in [0.2, 0.25) is 0 Å². The quantitative estimate of drug-likeness (QED) is 0.308. The normalized spacial score (nSPS) is 11.9. The minimum absolute atomic E-state index is 0.895. The number of hydrogen-bond donors (Lipinski definition) is 0. The average Bonchev–Trinajstić information content (AvgIpc) is 3.25. The van der Waals surface area contributed by atoms with Crippen LogP contribution in [-0.2, 0) is 0 Å². The van der Waals surface area contributed by atoms with Crippen LogP contribution in [-0.4, -0.2) is 0 Å². The second-order valence-electron chi connectivity index (χ2n) is 7.09. The van der Waals surface area contributed by atoms with Crippen molar-refractivity contribution >= 4 is 43.9 Å². The Bertz CT molecular complexity index is 1470. The largest absolute Gasteiger partial charge is 0.456 e. The fourth-order valence-electron chi connectivity index (χ4n) is 4.06. The Balaban J connectivity index is 1.79. The molecule has 2 heteroatoms. The monoisotopic (exact) mass is 348 g/mol. The van der Waals surface area contributed by atoms with Gasteiger partial charge in [-0.25, -0.2) is 0 Å². The molecule has 128 valence electrons. The van der Waals surface area contributed by atoms with Gasteiger partial charge in [-0.05, 0) is 54.4 Å². The first-order valence-corrected chi connectivity index (χ1v) is 9.11. The minimum atomic E-state index is 0.895. The highest BCUT2D eigenvalue weighted by Crippen LogP contribution is 2.41. The number of rotatable bonds is 1. The SMILES string of the molecule is Cc1ccc2oc3ccc4oc5ccc(-c6ccccc6)cc5c4c3c2c1. The molecule has 0 aliphatic carbocycles. The fourth-order valence-corrected chi connectivity index (χ4v) is 4.06. The molecule has 0 fully saturated rings. The van der Waals surface area contributed by atoms with Gasteiger partial charge < -0.3 is 8.83 Å². The molecule has 6 aromatic rings. The van der Waals surface area contributed by atoms with Crippen molar-refractivity contribution in [3.8, 4) is 11.1 Å². The van der Waals surface area contributed by atoms with Crippen molar-refractivity contribution in [3.63, 3.8) is 0 Å². The average molecular weight is 348 g/mol. The number of furan rings is 2. The van der Waals surface area contributed by atoms with Gasteiger partial charge in [0.25, 0.3) is 0 Å². The van der Waals surface area contributed by atoms with Gasteiger partial charge in [-0.2, -0.15) is 0 Å². The number of hydrogen-bond acceptors (Lipinski definition) is 2. The Morgan fingerprint density at radius 2 is 1.11 bits per heavy atom. The smallest absolute Gasteiger partial charge is 0.136 e. The van der Waals surface area contributed by atoms with E-state index in [1.54, 1.807) is 0 Å². The van der Waals surface area contributed by atoms with Crippen LogP contribution in [0.1, 0.15) is 5.56 Å². The lowest BCUT2D eigenvalue weighted by molar-refractivity contribution is 0.663. The minimum Gasteiger partial charge on any atom is -0.456 e. The van der Waals surface area contributed by atoms with Gasteiger partial charge in [-0.3, -0.25) is 0 Å². The molecule has 2 heterocycles. The van der Waals surface area contributed by atoms with Gasteiger partial charge in [0.05, 0.1) is 0 Å². The molecule has 0 amide bonds. The van der Waals surface area contributed by atoms with Crippen molar-refractivity contribution in [2.45, 2.75) is 6.92 Å². The molecular weight excluding hydrogens is 332 g/mol. The van der Waals surface area contributed by atoms with Gasteiger partial charge in [-0.15, -0.1) is 0 Å². The first kappa shape index (κ1) is 14.6. The Labute approximate surface area is 155 Å². The Hall–Kier alpha value is -3.52. The van der Waals surface area contributed by atoms with Crippen molar-refractivity contribution in [2.75, 3.05) is 0 Å². The molecule has 0 aliphatic rings.